The highest BCUT2D eigenvalue weighted by atomic mass is 16.5. The van der Waals surface area contributed by atoms with Crippen molar-refractivity contribution in [3.05, 3.63) is 0 Å². The molecule has 1 heterocycles. The van der Waals surface area contributed by atoms with Crippen LogP contribution in [0.4, 0.5) is 0 Å². The molecule has 1 fully saturated rings. The van der Waals surface area contributed by atoms with Gasteiger partial charge in [-0.15, -0.1) is 0 Å². The molecule has 1 rings (SSSR count). The van der Waals surface area contributed by atoms with Crippen molar-refractivity contribution in [2.45, 2.75) is 32.7 Å². The summed E-state index contributed by atoms with van der Waals surface area (Å²) in [4.78, 5) is 13.4. The molecule has 0 aliphatic carbocycles. The molecule has 0 N–H and O–H groups in total. The lowest BCUT2D eigenvalue weighted by Crippen LogP contribution is -2.46. The summed E-state index contributed by atoms with van der Waals surface area (Å²) in [5, 5.41) is 0. The Morgan fingerprint density at radius 2 is 2.08 bits per heavy atom. The number of nitrogens with zero attached hydrogens (tertiary/aromatic N) is 1. The third-order valence-electron chi connectivity index (χ3n) is 2.01. The molecule has 0 spiro atoms. The zero-order valence-corrected chi connectivity index (χ0v) is 8.09. The first-order valence-corrected chi connectivity index (χ1v) is 4.40. The SMILES string of the molecule is CC(C)(C)N1CCCOCC1=O. The Labute approximate surface area is 73.7 Å². The summed E-state index contributed by atoms with van der Waals surface area (Å²) in [6.45, 7) is 7.93. The van der Waals surface area contributed by atoms with E-state index in [0.717, 1.165) is 13.0 Å². The number of amides is 1. The van der Waals surface area contributed by atoms with Crippen LogP contribution in [0.3, 0.4) is 0 Å². The van der Waals surface area contributed by atoms with Gasteiger partial charge in [-0.25, -0.2) is 0 Å². The molecule has 12 heavy (non-hydrogen) atoms. The summed E-state index contributed by atoms with van der Waals surface area (Å²) in [7, 11) is 0. The van der Waals surface area contributed by atoms with Gasteiger partial charge < -0.3 is 9.64 Å². The second-order valence-electron chi connectivity index (χ2n) is 4.12. The van der Waals surface area contributed by atoms with Gasteiger partial charge in [-0.3, -0.25) is 4.79 Å². The number of ether oxygens (including phenoxy) is 1. The number of hydrogen-bond donors (Lipinski definition) is 0. The third-order valence-corrected chi connectivity index (χ3v) is 2.01. The van der Waals surface area contributed by atoms with Crippen LogP contribution in [0.2, 0.25) is 0 Å². The van der Waals surface area contributed by atoms with Crippen molar-refractivity contribution in [3.63, 3.8) is 0 Å². The molecule has 1 amide bonds. The Morgan fingerprint density at radius 3 is 2.67 bits per heavy atom. The standard InChI is InChI=1S/C9H17NO2/c1-9(2,3)10-5-4-6-12-7-8(10)11/h4-7H2,1-3H3. The molecular formula is C9H17NO2. The molecule has 1 aliphatic rings. The minimum Gasteiger partial charge on any atom is -0.372 e. The summed E-state index contributed by atoms with van der Waals surface area (Å²) < 4.78 is 5.14. The van der Waals surface area contributed by atoms with Gasteiger partial charge in [0.05, 0.1) is 0 Å². The quantitative estimate of drug-likeness (QED) is 0.545. The van der Waals surface area contributed by atoms with Crippen LogP contribution in [0.5, 0.6) is 0 Å². The van der Waals surface area contributed by atoms with Gasteiger partial charge in [0.15, 0.2) is 0 Å². The number of rotatable bonds is 0. The predicted molar refractivity (Wildman–Crippen MR) is 46.9 cm³/mol. The van der Waals surface area contributed by atoms with E-state index in [-0.39, 0.29) is 18.1 Å². The Hall–Kier alpha value is -0.570. The van der Waals surface area contributed by atoms with E-state index in [1.54, 1.807) is 0 Å². The van der Waals surface area contributed by atoms with E-state index >= 15 is 0 Å². The maximum atomic E-state index is 11.5. The smallest absolute Gasteiger partial charge is 0.248 e. The Bertz CT molecular complexity index is 172. The van der Waals surface area contributed by atoms with Crippen LogP contribution < -0.4 is 0 Å². The molecule has 0 saturated carbocycles. The average Bonchev–Trinajstić information content (AvgIpc) is 2.11. The number of carbonyl (C=O) groups excluding carboxylic acids is 1. The summed E-state index contributed by atoms with van der Waals surface area (Å²) in [6.07, 6.45) is 0.947. The first-order valence-electron chi connectivity index (χ1n) is 4.40. The normalized spacial score (nSPS) is 20.9. The monoisotopic (exact) mass is 171 g/mol. The number of carbonyl (C=O) groups is 1. The molecule has 0 unspecified atom stereocenters. The third kappa shape index (κ3) is 2.21. The molecule has 1 aliphatic heterocycles. The van der Waals surface area contributed by atoms with E-state index in [9.17, 15) is 4.79 Å². The lowest BCUT2D eigenvalue weighted by Gasteiger charge is -2.34. The maximum Gasteiger partial charge on any atom is 0.248 e. The van der Waals surface area contributed by atoms with Crippen LogP contribution in [0.1, 0.15) is 27.2 Å². The van der Waals surface area contributed by atoms with E-state index in [1.165, 1.54) is 0 Å². The predicted octanol–water partition coefficient (Wildman–Crippen LogP) is 1.03. The summed E-state index contributed by atoms with van der Waals surface area (Å²) in [5.41, 5.74) is -0.0647. The molecule has 0 bridgehead atoms. The van der Waals surface area contributed by atoms with E-state index in [1.807, 2.05) is 4.90 Å². The van der Waals surface area contributed by atoms with E-state index < -0.39 is 0 Å². The minimum absolute atomic E-state index is 0.0647. The largest absolute Gasteiger partial charge is 0.372 e. The fraction of sp³-hybridized carbons (Fsp3) is 0.889. The molecule has 0 aromatic rings. The van der Waals surface area contributed by atoms with Crippen LogP contribution in [-0.4, -0.2) is 36.1 Å². The molecule has 0 aromatic heterocycles. The fourth-order valence-electron chi connectivity index (χ4n) is 1.40. The summed E-state index contributed by atoms with van der Waals surface area (Å²) in [5.74, 6) is 0.111. The van der Waals surface area contributed by atoms with Gasteiger partial charge in [0.25, 0.3) is 0 Å². The Morgan fingerprint density at radius 1 is 1.42 bits per heavy atom. The van der Waals surface area contributed by atoms with Gasteiger partial charge in [0.1, 0.15) is 6.61 Å². The molecule has 0 aromatic carbocycles. The van der Waals surface area contributed by atoms with Crippen LogP contribution in [-0.2, 0) is 9.53 Å². The lowest BCUT2D eigenvalue weighted by molar-refractivity contribution is -0.138. The van der Waals surface area contributed by atoms with Gasteiger partial charge in [-0.1, -0.05) is 0 Å². The van der Waals surface area contributed by atoms with Gasteiger partial charge in [-0.05, 0) is 27.2 Å². The van der Waals surface area contributed by atoms with Crippen LogP contribution in [0, 0.1) is 0 Å². The average molecular weight is 171 g/mol. The first-order chi connectivity index (χ1) is 5.52. The van der Waals surface area contributed by atoms with Crippen molar-refractivity contribution in [1.29, 1.82) is 0 Å². The van der Waals surface area contributed by atoms with E-state index in [2.05, 4.69) is 20.8 Å². The fourth-order valence-corrected chi connectivity index (χ4v) is 1.40. The molecule has 70 valence electrons. The van der Waals surface area contributed by atoms with Gasteiger partial charge >= 0.3 is 0 Å². The summed E-state index contributed by atoms with van der Waals surface area (Å²) >= 11 is 0. The van der Waals surface area contributed by atoms with Crippen molar-refractivity contribution in [2.24, 2.45) is 0 Å². The minimum atomic E-state index is -0.0647. The Kier molecular flexibility index (Phi) is 2.73. The van der Waals surface area contributed by atoms with E-state index in [4.69, 9.17) is 4.74 Å². The van der Waals surface area contributed by atoms with Crippen molar-refractivity contribution in [2.75, 3.05) is 19.8 Å². The highest BCUT2D eigenvalue weighted by Gasteiger charge is 2.27. The second-order valence-corrected chi connectivity index (χ2v) is 4.12. The van der Waals surface area contributed by atoms with Crippen molar-refractivity contribution >= 4 is 5.91 Å². The molecule has 1 saturated heterocycles. The van der Waals surface area contributed by atoms with E-state index in [0.29, 0.717) is 6.61 Å². The van der Waals surface area contributed by atoms with Crippen molar-refractivity contribution in [3.8, 4) is 0 Å². The molecular weight excluding hydrogens is 154 g/mol. The highest BCUT2D eigenvalue weighted by Crippen LogP contribution is 2.15. The highest BCUT2D eigenvalue weighted by molar-refractivity contribution is 5.78. The van der Waals surface area contributed by atoms with Crippen LogP contribution in [0.15, 0.2) is 0 Å². The van der Waals surface area contributed by atoms with Gasteiger partial charge in [-0.2, -0.15) is 0 Å². The van der Waals surface area contributed by atoms with Gasteiger partial charge in [0.2, 0.25) is 5.91 Å². The molecule has 0 atom stereocenters. The zero-order chi connectivity index (χ0) is 9.19. The molecule has 0 radical (unpaired) electrons. The molecule has 3 heteroatoms. The van der Waals surface area contributed by atoms with Gasteiger partial charge in [0, 0.05) is 18.7 Å². The first kappa shape index (κ1) is 9.52. The second kappa shape index (κ2) is 3.44. The van der Waals surface area contributed by atoms with Crippen LogP contribution >= 0.6 is 0 Å². The zero-order valence-electron chi connectivity index (χ0n) is 8.09. The Balaban J connectivity index is 2.66. The molecule has 3 nitrogen and oxygen atoms in total. The van der Waals surface area contributed by atoms with Crippen molar-refractivity contribution < 1.29 is 9.53 Å². The summed E-state index contributed by atoms with van der Waals surface area (Å²) in [6, 6.07) is 0. The topological polar surface area (TPSA) is 29.5 Å². The van der Waals surface area contributed by atoms with Crippen molar-refractivity contribution in [1.82, 2.24) is 4.90 Å². The van der Waals surface area contributed by atoms with Crippen LogP contribution in [0.25, 0.3) is 0 Å². The number of hydrogen-bond acceptors (Lipinski definition) is 2. The lowest BCUT2D eigenvalue weighted by atomic mass is 10.1. The maximum absolute atomic E-state index is 11.5.